The van der Waals surface area contributed by atoms with Crippen LogP contribution in [0.4, 0.5) is 13.2 Å². The number of carbonyl (C=O) groups is 1. The molecule has 1 aliphatic carbocycles. The van der Waals surface area contributed by atoms with Crippen LogP contribution in [0.2, 0.25) is 0 Å². The smallest absolute Gasteiger partial charge is 0.394 e. The van der Waals surface area contributed by atoms with E-state index < -0.39 is 30.0 Å². The van der Waals surface area contributed by atoms with E-state index in [4.69, 9.17) is 10.8 Å². The Kier molecular flexibility index (Phi) is 2.66. The van der Waals surface area contributed by atoms with Crippen LogP contribution in [-0.2, 0) is 4.79 Å². The van der Waals surface area contributed by atoms with Crippen molar-refractivity contribution in [2.75, 3.05) is 0 Å². The third-order valence-electron chi connectivity index (χ3n) is 1.80. The summed E-state index contributed by atoms with van der Waals surface area (Å²) in [7, 11) is 0. The Labute approximate surface area is 72.1 Å². The van der Waals surface area contributed by atoms with Gasteiger partial charge >= 0.3 is 12.1 Å². The first-order valence-electron chi connectivity index (χ1n) is 2.87. The quantitative estimate of drug-likeness (QED) is 0.665. The second-order valence-electron chi connectivity index (χ2n) is 2.64. The third kappa shape index (κ3) is 1.64. The highest BCUT2D eigenvalue weighted by Crippen LogP contribution is 2.51. The van der Waals surface area contributed by atoms with Gasteiger partial charge in [-0.25, -0.2) is 0 Å². The molecule has 7 heteroatoms. The molecule has 0 aromatic rings. The lowest BCUT2D eigenvalue weighted by Crippen LogP contribution is -2.38. The summed E-state index contributed by atoms with van der Waals surface area (Å²) in [4.78, 5) is 10.1. The number of rotatable bonds is 1. The average molecular weight is 206 g/mol. The van der Waals surface area contributed by atoms with Crippen LogP contribution in [-0.4, -0.2) is 22.8 Å². The van der Waals surface area contributed by atoms with Crippen LogP contribution in [0.25, 0.3) is 0 Å². The van der Waals surface area contributed by atoms with E-state index in [2.05, 4.69) is 0 Å². The molecule has 0 aromatic heterocycles. The van der Waals surface area contributed by atoms with Gasteiger partial charge in [0.05, 0.1) is 5.92 Å². The predicted molar refractivity (Wildman–Crippen MR) is 36.0 cm³/mol. The molecule has 0 bridgehead atoms. The van der Waals surface area contributed by atoms with Crippen LogP contribution < -0.4 is 5.73 Å². The standard InChI is InChI=1S/C5H6F3NO2.ClH/c6-5(7,8)2-1-4(2,9)3(10)11;/h2H,1,9H2,(H,10,11);1H/t2-,4-;/m1./s1. The number of alkyl halides is 3. The van der Waals surface area contributed by atoms with Crippen molar-refractivity contribution < 1.29 is 23.1 Å². The highest BCUT2D eigenvalue weighted by molar-refractivity contribution is 5.85. The van der Waals surface area contributed by atoms with Crippen molar-refractivity contribution in [3.8, 4) is 0 Å². The van der Waals surface area contributed by atoms with Gasteiger partial charge in [-0.2, -0.15) is 13.2 Å². The molecule has 0 aliphatic heterocycles. The summed E-state index contributed by atoms with van der Waals surface area (Å²) in [6.07, 6.45) is -4.99. The summed E-state index contributed by atoms with van der Waals surface area (Å²) < 4.78 is 35.3. The fraction of sp³-hybridized carbons (Fsp3) is 0.800. The van der Waals surface area contributed by atoms with Crippen molar-refractivity contribution in [3.63, 3.8) is 0 Å². The van der Waals surface area contributed by atoms with Gasteiger partial charge in [0, 0.05) is 0 Å². The van der Waals surface area contributed by atoms with Crippen LogP contribution in [0.1, 0.15) is 6.42 Å². The summed E-state index contributed by atoms with van der Waals surface area (Å²) in [6.45, 7) is 0. The highest BCUT2D eigenvalue weighted by atomic mass is 35.5. The number of carboxylic acids is 1. The Hall–Kier alpha value is -0.490. The summed E-state index contributed by atoms with van der Waals surface area (Å²) >= 11 is 0. The zero-order valence-electron chi connectivity index (χ0n) is 5.76. The lowest BCUT2D eigenvalue weighted by Gasteiger charge is -2.07. The molecule has 2 atom stereocenters. The molecule has 3 nitrogen and oxygen atoms in total. The predicted octanol–water partition coefficient (Wildman–Crippen LogP) is 0.772. The summed E-state index contributed by atoms with van der Waals surface area (Å²) in [5, 5.41) is 8.22. The van der Waals surface area contributed by atoms with Crippen LogP contribution >= 0.6 is 12.4 Å². The second-order valence-corrected chi connectivity index (χ2v) is 2.64. The summed E-state index contributed by atoms with van der Waals surface area (Å²) in [6, 6.07) is 0. The fourth-order valence-electron chi connectivity index (χ4n) is 0.923. The molecule has 0 saturated heterocycles. The van der Waals surface area contributed by atoms with Crippen molar-refractivity contribution in [2.24, 2.45) is 11.7 Å². The Morgan fingerprint density at radius 3 is 2.08 bits per heavy atom. The van der Waals surface area contributed by atoms with Gasteiger partial charge in [-0.05, 0) is 6.42 Å². The minimum atomic E-state index is -4.48. The maximum atomic E-state index is 11.8. The van der Waals surface area contributed by atoms with E-state index >= 15 is 0 Å². The number of hydrogen-bond acceptors (Lipinski definition) is 2. The van der Waals surface area contributed by atoms with Gasteiger partial charge in [-0.3, -0.25) is 4.79 Å². The Morgan fingerprint density at radius 1 is 1.58 bits per heavy atom. The minimum Gasteiger partial charge on any atom is -0.480 e. The largest absolute Gasteiger partial charge is 0.480 e. The molecule has 0 amide bonds. The normalized spacial score (nSPS) is 33.8. The van der Waals surface area contributed by atoms with E-state index in [1.807, 2.05) is 0 Å². The van der Waals surface area contributed by atoms with Gasteiger partial charge in [-0.1, -0.05) is 0 Å². The van der Waals surface area contributed by atoms with Gasteiger partial charge in [-0.15, -0.1) is 12.4 Å². The molecule has 1 aliphatic rings. The first-order valence-corrected chi connectivity index (χ1v) is 2.87. The molecular weight excluding hydrogens is 199 g/mol. The zero-order valence-corrected chi connectivity index (χ0v) is 6.58. The average Bonchev–Trinajstić information content (AvgIpc) is 2.41. The molecule has 0 spiro atoms. The zero-order chi connectivity index (χ0) is 8.86. The van der Waals surface area contributed by atoms with Crippen molar-refractivity contribution in [2.45, 2.75) is 18.1 Å². The number of carboxylic acid groups (broad SMARTS) is 1. The molecular formula is C5H7ClF3NO2. The lowest BCUT2D eigenvalue weighted by molar-refractivity contribution is -0.161. The number of halogens is 4. The van der Waals surface area contributed by atoms with Gasteiger partial charge in [0.15, 0.2) is 0 Å². The Morgan fingerprint density at radius 2 is 2.00 bits per heavy atom. The van der Waals surface area contributed by atoms with Gasteiger partial charge in [0.25, 0.3) is 0 Å². The molecule has 0 unspecified atom stereocenters. The molecule has 3 N–H and O–H groups in total. The molecule has 0 radical (unpaired) electrons. The number of aliphatic carboxylic acids is 1. The van der Waals surface area contributed by atoms with Crippen LogP contribution in [0, 0.1) is 5.92 Å². The van der Waals surface area contributed by atoms with Gasteiger partial charge in [0.1, 0.15) is 5.54 Å². The topological polar surface area (TPSA) is 63.3 Å². The first-order chi connectivity index (χ1) is 4.78. The highest BCUT2D eigenvalue weighted by Gasteiger charge is 2.69. The number of hydrogen-bond donors (Lipinski definition) is 2. The van der Waals surface area contributed by atoms with E-state index in [1.165, 1.54) is 0 Å². The molecule has 1 rings (SSSR count). The van der Waals surface area contributed by atoms with Crippen LogP contribution in [0.5, 0.6) is 0 Å². The molecule has 1 saturated carbocycles. The lowest BCUT2D eigenvalue weighted by atomic mass is 10.2. The minimum absolute atomic E-state index is 0. The van der Waals surface area contributed by atoms with Crippen molar-refractivity contribution in [3.05, 3.63) is 0 Å². The summed E-state index contributed by atoms with van der Waals surface area (Å²) in [5.74, 6) is -3.45. The summed E-state index contributed by atoms with van der Waals surface area (Å²) in [5.41, 5.74) is 2.84. The molecule has 1 fully saturated rings. The molecule has 0 heterocycles. The van der Waals surface area contributed by atoms with E-state index in [9.17, 15) is 18.0 Å². The first kappa shape index (κ1) is 11.5. The monoisotopic (exact) mass is 205 g/mol. The van der Waals surface area contributed by atoms with E-state index in [0.29, 0.717) is 0 Å². The van der Waals surface area contributed by atoms with E-state index in [0.717, 1.165) is 0 Å². The maximum absolute atomic E-state index is 11.8. The van der Waals surface area contributed by atoms with Crippen LogP contribution in [0.15, 0.2) is 0 Å². The number of nitrogens with two attached hydrogens (primary N) is 1. The molecule has 72 valence electrons. The fourth-order valence-corrected chi connectivity index (χ4v) is 0.923. The van der Waals surface area contributed by atoms with Gasteiger partial charge in [0.2, 0.25) is 0 Å². The van der Waals surface area contributed by atoms with Crippen molar-refractivity contribution in [1.29, 1.82) is 0 Å². The van der Waals surface area contributed by atoms with Gasteiger partial charge < -0.3 is 10.8 Å². The maximum Gasteiger partial charge on any atom is 0.394 e. The van der Waals surface area contributed by atoms with E-state index in [-0.39, 0.29) is 12.4 Å². The SMILES string of the molecule is Cl.N[C@]1(C(=O)O)C[C@H]1C(F)(F)F. The van der Waals surface area contributed by atoms with Crippen molar-refractivity contribution in [1.82, 2.24) is 0 Å². The Balaban J connectivity index is 0.00000121. The van der Waals surface area contributed by atoms with Crippen LogP contribution in [0.3, 0.4) is 0 Å². The Bertz CT molecular complexity index is 207. The molecule has 0 aromatic carbocycles. The second kappa shape index (κ2) is 2.77. The molecule has 12 heavy (non-hydrogen) atoms. The van der Waals surface area contributed by atoms with Crippen molar-refractivity contribution >= 4 is 18.4 Å². The third-order valence-corrected chi connectivity index (χ3v) is 1.80. The van der Waals surface area contributed by atoms with E-state index in [1.54, 1.807) is 0 Å².